The molecule has 1 N–H and O–H groups in total. The van der Waals surface area contributed by atoms with Crippen molar-refractivity contribution in [2.45, 2.75) is 40.2 Å². The summed E-state index contributed by atoms with van der Waals surface area (Å²) in [7, 11) is 1.98. The minimum Gasteiger partial charge on any atom is -0.258 e. The van der Waals surface area contributed by atoms with Crippen LogP contribution in [-0.2, 0) is 0 Å². The third kappa shape index (κ3) is 4.38. The van der Waals surface area contributed by atoms with Gasteiger partial charge in [-0.05, 0) is 33.7 Å². The molecule has 0 saturated heterocycles. The highest BCUT2D eigenvalue weighted by Crippen LogP contribution is 2.11. The Hall–Kier alpha value is -0.0800. The molecular weight excluding hydrogens is 136 g/mol. The lowest BCUT2D eigenvalue weighted by Gasteiger charge is -2.35. The third-order valence-corrected chi connectivity index (χ3v) is 1.63. The highest BCUT2D eigenvalue weighted by molar-refractivity contribution is 4.72. The van der Waals surface area contributed by atoms with Crippen molar-refractivity contribution >= 4 is 0 Å². The molecule has 0 heterocycles. The number of hydrogen-bond acceptors (Lipinski definition) is 2. The van der Waals surface area contributed by atoms with E-state index in [4.69, 9.17) is 0 Å². The zero-order valence-electron chi connectivity index (χ0n) is 8.73. The maximum atomic E-state index is 3.21. The van der Waals surface area contributed by atoms with Crippen molar-refractivity contribution in [3.05, 3.63) is 0 Å². The van der Waals surface area contributed by atoms with Crippen LogP contribution in [0.3, 0.4) is 0 Å². The van der Waals surface area contributed by atoms with Crippen LogP contribution >= 0.6 is 0 Å². The smallest absolute Gasteiger partial charge is 0.0269 e. The number of hydrazine groups is 1. The van der Waals surface area contributed by atoms with E-state index in [0.29, 0.717) is 5.92 Å². The Morgan fingerprint density at radius 2 is 1.73 bits per heavy atom. The fourth-order valence-corrected chi connectivity index (χ4v) is 1.07. The Morgan fingerprint density at radius 1 is 1.27 bits per heavy atom. The molecule has 2 nitrogen and oxygen atoms in total. The Kier molecular flexibility index (Phi) is 4.04. The molecule has 0 rings (SSSR count). The number of nitrogens with zero attached hydrogens (tertiary/aromatic N) is 1. The van der Waals surface area contributed by atoms with Crippen LogP contribution in [-0.4, -0.2) is 24.1 Å². The van der Waals surface area contributed by atoms with E-state index in [1.54, 1.807) is 0 Å². The molecule has 0 aliphatic heterocycles. The quantitative estimate of drug-likeness (QED) is 0.631. The molecule has 0 unspecified atom stereocenters. The van der Waals surface area contributed by atoms with Crippen LogP contribution in [0.4, 0.5) is 0 Å². The molecule has 0 amide bonds. The van der Waals surface area contributed by atoms with Gasteiger partial charge in [0, 0.05) is 12.1 Å². The lowest BCUT2D eigenvalue weighted by Crippen LogP contribution is -2.50. The van der Waals surface area contributed by atoms with Crippen LogP contribution in [0.5, 0.6) is 0 Å². The van der Waals surface area contributed by atoms with Gasteiger partial charge in [-0.3, -0.25) is 5.43 Å². The highest BCUT2D eigenvalue weighted by Gasteiger charge is 2.19. The van der Waals surface area contributed by atoms with Crippen molar-refractivity contribution < 1.29 is 0 Å². The van der Waals surface area contributed by atoms with Crippen molar-refractivity contribution in [3.63, 3.8) is 0 Å². The third-order valence-electron chi connectivity index (χ3n) is 1.63. The van der Waals surface area contributed by atoms with Gasteiger partial charge in [-0.25, -0.2) is 5.01 Å². The molecule has 0 aromatic heterocycles. The molecule has 0 aromatic carbocycles. The van der Waals surface area contributed by atoms with Crippen molar-refractivity contribution in [2.75, 3.05) is 13.6 Å². The van der Waals surface area contributed by atoms with E-state index >= 15 is 0 Å². The normalized spacial score (nSPS) is 13.1. The first-order valence-electron chi connectivity index (χ1n) is 4.33. The zero-order chi connectivity index (χ0) is 9.07. The second kappa shape index (κ2) is 4.07. The monoisotopic (exact) mass is 158 g/mol. The van der Waals surface area contributed by atoms with E-state index in [9.17, 15) is 0 Å². The van der Waals surface area contributed by atoms with E-state index in [1.807, 2.05) is 7.05 Å². The van der Waals surface area contributed by atoms with Crippen molar-refractivity contribution in [1.29, 1.82) is 0 Å². The summed E-state index contributed by atoms with van der Waals surface area (Å²) in [4.78, 5) is 0. The molecule has 2 heteroatoms. The first-order valence-corrected chi connectivity index (χ1v) is 4.33. The molecular formula is C9H22N2. The summed E-state index contributed by atoms with van der Waals surface area (Å²) >= 11 is 0. The summed E-state index contributed by atoms with van der Waals surface area (Å²) in [5.41, 5.74) is 3.43. The summed E-state index contributed by atoms with van der Waals surface area (Å²) in [5.74, 6) is 0.710. The van der Waals surface area contributed by atoms with E-state index in [1.165, 1.54) is 0 Å². The second-order valence-corrected chi connectivity index (χ2v) is 4.40. The number of nitrogens with one attached hydrogen (secondary N) is 1. The van der Waals surface area contributed by atoms with Crippen molar-refractivity contribution in [1.82, 2.24) is 10.4 Å². The maximum Gasteiger partial charge on any atom is 0.0269 e. The van der Waals surface area contributed by atoms with Crippen LogP contribution < -0.4 is 5.43 Å². The van der Waals surface area contributed by atoms with Crippen LogP contribution in [0.2, 0.25) is 0 Å². The van der Waals surface area contributed by atoms with Gasteiger partial charge >= 0.3 is 0 Å². The molecule has 11 heavy (non-hydrogen) atoms. The molecule has 0 aromatic rings. The molecule has 0 bridgehead atoms. The van der Waals surface area contributed by atoms with E-state index in [-0.39, 0.29) is 5.54 Å². The molecule has 0 aliphatic carbocycles. The van der Waals surface area contributed by atoms with Gasteiger partial charge in [0.2, 0.25) is 0 Å². The number of rotatable bonds is 3. The summed E-state index contributed by atoms with van der Waals surface area (Å²) in [6.45, 7) is 12.2. The van der Waals surface area contributed by atoms with Crippen molar-refractivity contribution in [2.24, 2.45) is 5.92 Å². The van der Waals surface area contributed by atoms with Crippen LogP contribution in [0.15, 0.2) is 0 Å². The van der Waals surface area contributed by atoms with Crippen LogP contribution in [0.1, 0.15) is 34.6 Å². The Bertz CT molecular complexity index is 103. The standard InChI is InChI=1S/C9H22N2/c1-8(2)7-11(10-6)9(3,4)5/h8,10H,7H2,1-6H3. The first-order chi connectivity index (χ1) is 4.88. The minimum atomic E-state index is 0.221. The SMILES string of the molecule is CNN(CC(C)C)C(C)(C)C. The molecule has 0 saturated carbocycles. The van der Waals surface area contributed by atoms with Gasteiger partial charge in [-0.1, -0.05) is 13.8 Å². The van der Waals surface area contributed by atoms with E-state index in [2.05, 4.69) is 45.1 Å². The molecule has 0 fully saturated rings. The lowest BCUT2D eigenvalue weighted by molar-refractivity contribution is 0.0709. The Balaban J connectivity index is 3.96. The first kappa shape index (κ1) is 10.9. The van der Waals surface area contributed by atoms with Gasteiger partial charge < -0.3 is 0 Å². The fourth-order valence-electron chi connectivity index (χ4n) is 1.07. The predicted molar refractivity (Wildman–Crippen MR) is 50.4 cm³/mol. The van der Waals surface area contributed by atoms with Gasteiger partial charge in [0.05, 0.1) is 0 Å². The summed E-state index contributed by atoms with van der Waals surface area (Å²) in [6.07, 6.45) is 0. The molecule has 0 spiro atoms. The highest BCUT2D eigenvalue weighted by atomic mass is 15.5. The Labute approximate surface area is 70.9 Å². The Morgan fingerprint density at radius 3 is 1.82 bits per heavy atom. The average Bonchev–Trinajstić information content (AvgIpc) is 1.79. The van der Waals surface area contributed by atoms with Crippen molar-refractivity contribution in [3.8, 4) is 0 Å². The van der Waals surface area contributed by atoms with Gasteiger partial charge in [0.15, 0.2) is 0 Å². The molecule has 0 aliphatic rings. The van der Waals surface area contributed by atoms with E-state index in [0.717, 1.165) is 6.54 Å². The average molecular weight is 158 g/mol. The van der Waals surface area contributed by atoms with Gasteiger partial charge in [0.1, 0.15) is 0 Å². The van der Waals surface area contributed by atoms with Gasteiger partial charge in [-0.15, -0.1) is 0 Å². The largest absolute Gasteiger partial charge is 0.258 e. The minimum absolute atomic E-state index is 0.221. The molecule has 0 atom stereocenters. The summed E-state index contributed by atoms with van der Waals surface area (Å²) < 4.78 is 0. The van der Waals surface area contributed by atoms with Crippen LogP contribution in [0.25, 0.3) is 0 Å². The van der Waals surface area contributed by atoms with Gasteiger partial charge in [0.25, 0.3) is 0 Å². The molecule has 68 valence electrons. The predicted octanol–water partition coefficient (Wildman–Crippen LogP) is 1.88. The molecule has 0 radical (unpaired) electrons. The second-order valence-electron chi connectivity index (χ2n) is 4.40. The maximum absolute atomic E-state index is 3.21. The van der Waals surface area contributed by atoms with Gasteiger partial charge in [-0.2, -0.15) is 0 Å². The lowest BCUT2D eigenvalue weighted by atomic mass is 10.1. The fraction of sp³-hybridized carbons (Fsp3) is 1.00. The summed E-state index contributed by atoms with van der Waals surface area (Å²) in [6, 6.07) is 0. The van der Waals surface area contributed by atoms with E-state index < -0.39 is 0 Å². The number of hydrogen-bond donors (Lipinski definition) is 1. The van der Waals surface area contributed by atoms with Crippen LogP contribution in [0, 0.1) is 5.92 Å². The topological polar surface area (TPSA) is 15.3 Å². The summed E-state index contributed by atoms with van der Waals surface area (Å²) in [5, 5.41) is 2.26. The zero-order valence-corrected chi connectivity index (χ0v) is 8.73.